The number of nitrogens with zero attached hydrogens (tertiary/aromatic N) is 3. The lowest BCUT2D eigenvalue weighted by Crippen LogP contribution is -2.52. The lowest BCUT2D eigenvalue weighted by atomic mass is 10.2. The van der Waals surface area contributed by atoms with Crippen LogP contribution in [-0.2, 0) is 17.3 Å². The van der Waals surface area contributed by atoms with Crippen LogP contribution in [0.5, 0.6) is 0 Å². The second kappa shape index (κ2) is 10.4. The van der Waals surface area contributed by atoms with Gasteiger partial charge in [0.1, 0.15) is 0 Å². The minimum Gasteiger partial charge on any atom is -0.357 e. The SMILES string of the molecule is CCNC(=NCCS(=O)C(C)(C)C)N1CCN(Cc2cccc(Cl)c2)CC1. The summed E-state index contributed by atoms with van der Waals surface area (Å²) in [6.07, 6.45) is 0. The first-order chi connectivity index (χ1) is 12.8. The standard InChI is InChI=1S/C20H33ClN4OS/c1-5-22-19(23-9-14-27(26)20(2,3)4)25-12-10-24(11-13-25)16-17-7-6-8-18(21)15-17/h6-8,15H,5,9-14,16H2,1-4H3,(H,22,23). The molecular weight excluding hydrogens is 380 g/mol. The summed E-state index contributed by atoms with van der Waals surface area (Å²) in [7, 11) is -0.865. The molecule has 0 bridgehead atoms. The van der Waals surface area contributed by atoms with E-state index in [4.69, 9.17) is 16.6 Å². The minimum absolute atomic E-state index is 0.181. The average molecular weight is 413 g/mol. The van der Waals surface area contributed by atoms with Crippen molar-refractivity contribution in [1.29, 1.82) is 0 Å². The molecule has 1 heterocycles. The number of piperazine rings is 1. The van der Waals surface area contributed by atoms with E-state index in [2.05, 4.69) is 28.1 Å². The molecule has 1 aliphatic heterocycles. The number of guanidine groups is 1. The maximum Gasteiger partial charge on any atom is 0.194 e. The topological polar surface area (TPSA) is 47.9 Å². The van der Waals surface area contributed by atoms with E-state index >= 15 is 0 Å². The van der Waals surface area contributed by atoms with E-state index in [0.717, 1.165) is 50.3 Å². The third kappa shape index (κ3) is 7.43. The molecule has 0 aromatic heterocycles. The van der Waals surface area contributed by atoms with Gasteiger partial charge in [0, 0.05) is 65.6 Å². The van der Waals surface area contributed by atoms with Gasteiger partial charge in [-0.15, -0.1) is 0 Å². The van der Waals surface area contributed by atoms with E-state index < -0.39 is 10.8 Å². The molecule has 1 fully saturated rings. The number of hydrogen-bond acceptors (Lipinski definition) is 3. The van der Waals surface area contributed by atoms with Crippen LogP contribution in [0.15, 0.2) is 29.3 Å². The predicted octanol–water partition coefficient (Wildman–Crippen LogP) is 2.97. The molecule has 1 unspecified atom stereocenters. The molecule has 7 heteroatoms. The first kappa shape index (κ1) is 22.2. The quantitative estimate of drug-likeness (QED) is 0.576. The molecule has 2 rings (SSSR count). The number of benzene rings is 1. The predicted molar refractivity (Wildman–Crippen MR) is 117 cm³/mol. The molecule has 1 saturated heterocycles. The number of rotatable bonds is 6. The van der Waals surface area contributed by atoms with Crippen LogP contribution in [0.1, 0.15) is 33.3 Å². The van der Waals surface area contributed by atoms with E-state index in [1.54, 1.807) is 0 Å². The molecule has 152 valence electrons. The van der Waals surface area contributed by atoms with Crippen molar-refractivity contribution in [2.75, 3.05) is 45.0 Å². The molecule has 1 aliphatic rings. The van der Waals surface area contributed by atoms with Crippen LogP contribution in [0.3, 0.4) is 0 Å². The number of nitrogens with one attached hydrogen (secondary N) is 1. The molecule has 5 nitrogen and oxygen atoms in total. The van der Waals surface area contributed by atoms with Crippen molar-refractivity contribution in [3.63, 3.8) is 0 Å². The fraction of sp³-hybridized carbons (Fsp3) is 0.650. The third-order valence-corrected chi connectivity index (χ3v) is 6.68. The molecular formula is C20H33ClN4OS. The highest BCUT2D eigenvalue weighted by Crippen LogP contribution is 2.14. The molecule has 27 heavy (non-hydrogen) atoms. The van der Waals surface area contributed by atoms with Crippen LogP contribution in [-0.4, -0.2) is 69.7 Å². The van der Waals surface area contributed by atoms with E-state index in [0.29, 0.717) is 12.3 Å². The van der Waals surface area contributed by atoms with Gasteiger partial charge in [-0.2, -0.15) is 0 Å². The van der Waals surface area contributed by atoms with E-state index in [1.165, 1.54) is 5.56 Å². The summed E-state index contributed by atoms with van der Waals surface area (Å²) < 4.78 is 12.0. The van der Waals surface area contributed by atoms with Crippen molar-refractivity contribution in [3.05, 3.63) is 34.9 Å². The fourth-order valence-corrected chi connectivity index (χ4v) is 4.06. The van der Waals surface area contributed by atoms with Crippen LogP contribution in [0.25, 0.3) is 0 Å². The van der Waals surface area contributed by atoms with Gasteiger partial charge < -0.3 is 10.2 Å². The van der Waals surface area contributed by atoms with E-state index in [9.17, 15) is 4.21 Å². The highest BCUT2D eigenvalue weighted by molar-refractivity contribution is 7.86. The van der Waals surface area contributed by atoms with Gasteiger partial charge in [0.15, 0.2) is 5.96 Å². The lowest BCUT2D eigenvalue weighted by molar-refractivity contribution is 0.172. The van der Waals surface area contributed by atoms with Crippen molar-refractivity contribution < 1.29 is 4.21 Å². The molecule has 0 amide bonds. The number of aliphatic imine (C=N–C) groups is 1. The van der Waals surface area contributed by atoms with Gasteiger partial charge in [-0.1, -0.05) is 23.7 Å². The Bertz CT molecular complexity index is 652. The minimum atomic E-state index is -0.865. The third-order valence-electron chi connectivity index (χ3n) is 4.52. The van der Waals surface area contributed by atoms with Gasteiger partial charge in [-0.25, -0.2) is 0 Å². The summed E-state index contributed by atoms with van der Waals surface area (Å²) in [5.74, 6) is 1.54. The lowest BCUT2D eigenvalue weighted by Gasteiger charge is -2.36. The van der Waals surface area contributed by atoms with Gasteiger partial charge in [0.2, 0.25) is 0 Å². The van der Waals surface area contributed by atoms with Gasteiger partial charge in [0.25, 0.3) is 0 Å². The molecule has 1 atom stereocenters. The summed E-state index contributed by atoms with van der Waals surface area (Å²) in [5.41, 5.74) is 1.25. The summed E-state index contributed by atoms with van der Waals surface area (Å²) in [5, 5.41) is 4.17. The summed E-state index contributed by atoms with van der Waals surface area (Å²) in [6, 6.07) is 8.08. The smallest absolute Gasteiger partial charge is 0.194 e. The van der Waals surface area contributed by atoms with Crippen LogP contribution < -0.4 is 5.32 Å². The Labute approximate surface area is 171 Å². The first-order valence-electron chi connectivity index (χ1n) is 9.68. The van der Waals surface area contributed by atoms with Crippen molar-refractivity contribution >= 4 is 28.4 Å². The van der Waals surface area contributed by atoms with Crippen LogP contribution in [0, 0.1) is 0 Å². The van der Waals surface area contributed by atoms with E-state index in [-0.39, 0.29) is 4.75 Å². The second-order valence-electron chi connectivity index (χ2n) is 7.79. The Morgan fingerprint density at radius 1 is 1.26 bits per heavy atom. The second-order valence-corrected chi connectivity index (χ2v) is 10.6. The Balaban J connectivity index is 1.86. The maximum absolute atomic E-state index is 12.2. The molecule has 0 spiro atoms. The molecule has 0 aliphatic carbocycles. The Morgan fingerprint density at radius 3 is 2.56 bits per heavy atom. The highest BCUT2D eigenvalue weighted by atomic mass is 35.5. The summed E-state index contributed by atoms with van der Waals surface area (Å²) >= 11 is 6.09. The molecule has 1 N–H and O–H groups in total. The van der Waals surface area contributed by atoms with Crippen molar-refractivity contribution in [2.45, 2.75) is 39.0 Å². The number of hydrogen-bond donors (Lipinski definition) is 1. The first-order valence-corrected chi connectivity index (χ1v) is 11.4. The zero-order valence-electron chi connectivity index (χ0n) is 17.0. The van der Waals surface area contributed by atoms with Crippen LogP contribution >= 0.6 is 11.6 Å². The van der Waals surface area contributed by atoms with Crippen molar-refractivity contribution in [2.24, 2.45) is 4.99 Å². The molecule has 0 saturated carbocycles. The van der Waals surface area contributed by atoms with Crippen molar-refractivity contribution in [1.82, 2.24) is 15.1 Å². The molecule has 0 radical (unpaired) electrons. The largest absolute Gasteiger partial charge is 0.357 e. The van der Waals surface area contributed by atoms with E-state index in [1.807, 2.05) is 39.0 Å². The summed E-state index contributed by atoms with van der Waals surface area (Å²) in [4.78, 5) is 9.46. The van der Waals surface area contributed by atoms with Crippen LogP contribution in [0.2, 0.25) is 5.02 Å². The van der Waals surface area contributed by atoms with Crippen LogP contribution in [0.4, 0.5) is 0 Å². The zero-order valence-corrected chi connectivity index (χ0v) is 18.6. The fourth-order valence-electron chi connectivity index (χ4n) is 2.98. The van der Waals surface area contributed by atoms with Crippen molar-refractivity contribution in [3.8, 4) is 0 Å². The Kier molecular flexibility index (Phi) is 8.58. The zero-order chi connectivity index (χ0) is 19.9. The van der Waals surface area contributed by atoms with Gasteiger partial charge in [-0.05, 0) is 45.4 Å². The summed E-state index contributed by atoms with van der Waals surface area (Å²) in [6.45, 7) is 14.3. The number of halogens is 1. The van der Waals surface area contributed by atoms with Gasteiger partial charge in [0.05, 0.1) is 6.54 Å². The monoisotopic (exact) mass is 412 g/mol. The molecule has 1 aromatic carbocycles. The maximum atomic E-state index is 12.2. The highest BCUT2D eigenvalue weighted by Gasteiger charge is 2.21. The normalized spacial score (nSPS) is 17.8. The molecule has 1 aromatic rings. The Morgan fingerprint density at radius 2 is 1.96 bits per heavy atom. The average Bonchev–Trinajstić information content (AvgIpc) is 2.61. The van der Waals surface area contributed by atoms with Gasteiger partial charge in [-0.3, -0.25) is 14.1 Å². The Hall–Kier alpha value is -1.11. The van der Waals surface area contributed by atoms with Gasteiger partial charge >= 0.3 is 0 Å².